The number of nitrogens with two attached hydrogens (primary N) is 1. The van der Waals surface area contributed by atoms with Crippen molar-refractivity contribution in [1.82, 2.24) is 30.2 Å². The maximum absolute atomic E-state index is 10.8. The molecule has 14 nitrogen and oxygen atoms in total. The van der Waals surface area contributed by atoms with E-state index < -0.39 is 34.9 Å². The second-order valence-corrected chi connectivity index (χ2v) is 8.65. The molecule has 15 heteroatoms. The summed E-state index contributed by atoms with van der Waals surface area (Å²) in [4.78, 5) is 13.0. The van der Waals surface area contributed by atoms with Gasteiger partial charge in [0.15, 0.2) is 23.2 Å². The van der Waals surface area contributed by atoms with Crippen molar-refractivity contribution in [1.29, 1.82) is 0 Å². The number of imidazole rings is 1. The van der Waals surface area contributed by atoms with Crippen LogP contribution in [-0.2, 0) is 15.1 Å². The smallest absolute Gasteiger partial charge is 0.387 e. The van der Waals surface area contributed by atoms with Crippen molar-refractivity contribution in [3.63, 3.8) is 0 Å². The average molecular weight is 512 g/mol. The van der Waals surface area contributed by atoms with Gasteiger partial charge in [0, 0.05) is 12.1 Å². The molecule has 1 aliphatic rings. The van der Waals surface area contributed by atoms with Crippen molar-refractivity contribution in [2.75, 3.05) is 32.4 Å². The molecule has 3 heterocycles. The van der Waals surface area contributed by atoms with Crippen LogP contribution in [0, 0.1) is 0 Å². The highest BCUT2D eigenvalue weighted by Crippen LogP contribution is 2.36. The van der Waals surface area contributed by atoms with Crippen LogP contribution in [0.4, 0.5) is 5.82 Å². The van der Waals surface area contributed by atoms with Gasteiger partial charge in [0.25, 0.3) is 0 Å². The number of aromatic nitrogens is 4. The van der Waals surface area contributed by atoms with E-state index in [0.717, 1.165) is 25.1 Å². The number of hydrogen-bond donors (Lipinski definition) is 7. The molecule has 2 unspecified atom stereocenters. The molecular weight excluding hydrogens is 482 g/mol. The standard InChI is InChI=1S/C20H27N7O3.H2O4S/c1-22-8-5-9-23-10-13-15(28)16(29)20(30-13)27-18(12-6-3-2-4-7-12)26-14-17(21)24-11-25-19(14)27;1-5(2,3)4/h2-4,6-7,11,13,15-16,20,22-23,28-29H,5,8-10H2,1H3,(H2,21,24,25);(H2,1,2,3,4)/t13-,15?,16?,20-;/m1./s1. The normalized spacial score (nSPS) is 22.2. The van der Waals surface area contributed by atoms with E-state index in [1.165, 1.54) is 6.33 Å². The van der Waals surface area contributed by atoms with E-state index in [4.69, 9.17) is 28.0 Å². The van der Waals surface area contributed by atoms with Crippen molar-refractivity contribution in [3.8, 4) is 11.4 Å². The molecule has 0 bridgehead atoms. The molecule has 1 saturated heterocycles. The first-order chi connectivity index (χ1) is 16.6. The van der Waals surface area contributed by atoms with Gasteiger partial charge >= 0.3 is 10.4 Å². The molecule has 0 aliphatic carbocycles. The first-order valence-corrected chi connectivity index (χ1v) is 12.1. The highest BCUT2D eigenvalue weighted by Gasteiger charge is 2.45. The zero-order chi connectivity index (χ0) is 25.6. The first-order valence-electron chi connectivity index (χ1n) is 10.7. The molecule has 1 aromatic carbocycles. The molecule has 0 amide bonds. The van der Waals surface area contributed by atoms with E-state index in [2.05, 4.69) is 25.6 Å². The first kappa shape index (κ1) is 26.8. The molecule has 35 heavy (non-hydrogen) atoms. The molecule has 4 rings (SSSR count). The molecule has 1 aliphatic heterocycles. The van der Waals surface area contributed by atoms with Crippen LogP contribution in [0.1, 0.15) is 12.6 Å². The summed E-state index contributed by atoms with van der Waals surface area (Å²) < 4.78 is 39.4. The zero-order valence-electron chi connectivity index (χ0n) is 18.9. The Morgan fingerprint density at radius 2 is 1.80 bits per heavy atom. The number of ether oxygens (including phenoxy) is 1. The molecular formula is C20H29N7O7S. The van der Waals surface area contributed by atoms with Crippen molar-refractivity contribution >= 4 is 27.4 Å². The Hall–Kier alpha value is -2.76. The Morgan fingerprint density at radius 3 is 2.46 bits per heavy atom. The predicted octanol–water partition coefficient (Wildman–Crippen LogP) is -0.759. The number of rotatable bonds is 8. The monoisotopic (exact) mass is 511 g/mol. The van der Waals surface area contributed by atoms with Gasteiger partial charge in [0.05, 0.1) is 0 Å². The predicted molar refractivity (Wildman–Crippen MR) is 127 cm³/mol. The lowest BCUT2D eigenvalue weighted by Crippen LogP contribution is -2.38. The van der Waals surface area contributed by atoms with Gasteiger partial charge in [-0.1, -0.05) is 30.3 Å². The summed E-state index contributed by atoms with van der Waals surface area (Å²) in [7, 11) is -2.76. The van der Waals surface area contributed by atoms with E-state index in [1.54, 1.807) is 4.57 Å². The second-order valence-electron chi connectivity index (χ2n) is 7.76. The molecule has 0 spiro atoms. The van der Waals surface area contributed by atoms with Crippen molar-refractivity contribution < 1.29 is 32.5 Å². The topological polar surface area (TPSA) is 218 Å². The van der Waals surface area contributed by atoms with Crippen LogP contribution in [0.5, 0.6) is 0 Å². The Morgan fingerprint density at radius 1 is 1.11 bits per heavy atom. The fourth-order valence-corrected chi connectivity index (χ4v) is 3.70. The van der Waals surface area contributed by atoms with Gasteiger partial charge in [-0.2, -0.15) is 8.42 Å². The Kier molecular flexibility index (Phi) is 9.03. The number of nitrogen functional groups attached to an aromatic ring is 1. The minimum atomic E-state index is -4.67. The Labute approximate surface area is 201 Å². The van der Waals surface area contributed by atoms with E-state index in [9.17, 15) is 10.2 Å². The van der Waals surface area contributed by atoms with Gasteiger partial charge in [-0.15, -0.1) is 0 Å². The third-order valence-electron chi connectivity index (χ3n) is 5.25. The van der Waals surface area contributed by atoms with E-state index in [1.807, 2.05) is 37.4 Å². The van der Waals surface area contributed by atoms with Gasteiger partial charge in [-0.05, 0) is 26.6 Å². The van der Waals surface area contributed by atoms with Crippen LogP contribution < -0.4 is 16.4 Å². The summed E-state index contributed by atoms with van der Waals surface area (Å²) in [6.07, 6.45) is -1.33. The number of fused-ring (bicyclic) bond motifs is 1. The Bertz CT molecular complexity index is 1200. The van der Waals surface area contributed by atoms with Gasteiger partial charge in [0.2, 0.25) is 0 Å². The molecule has 3 aromatic rings. The number of aliphatic hydroxyl groups is 2. The maximum Gasteiger partial charge on any atom is 0.394 e. The summed E-state index contributed by atoms with van der Waals surface area (Å²) in [6, 6.07) is 9.50. The average Bonchev–Trinajstić information content (AvgIpc) is 3.32. The summed E-state index contributed by atoms with van der Waals surface area (Å²) in [5.41, 5.74) is 7.70. The number of nitrogens with one attached hydrogen (secondary N) is 2. The third-order valence-corrected chi connectivity index (χ3v) is 5.25. The lowest BCUT2D eigenvalue weighted by atomic mass is 10.1. The zero-order valence-corrected chi connectivity index (χ0v) is 19.7. The quantitative estimate of drug-likeness (QED) is 0.146. The molecule has 4 atom stereocenters. The lowest BCUT2D eigenvalue weighted by Gasteiger charge is -2.19. The summed E-state index contributed by atoms with van der Waals surface area (Å²) in [6.45, 7) is 2.10. The van der Waals surface area contributed by atoms with E-state index in [0.29, 0.717) is 23.5 Å². The molecule has 192 valence electrons. The minimum Gasteiger partial charge on any atom is -0.387 e. The summed E-state index contributed by atoms with van der Waals surface area (Å²) in [5, 5.41) is 27.8. The second kappa shape index (κ2) is 11.8. The number of benzene rings is 1. The van der Waals surface area contributed by atoms with Crippen LogP contribution in [0.2, 0.25) is 0 Å². The molecule has 8 N–H and O–H groups in total. The third kappa shape index (κ3) is 6.89. The largest absolute Gasteiger partial charge is 0.394 e. The fourth-order valence-electron chi connectivity index (χ4n) is 3.70. The van der Waals surface area contributed by atoms with Crippen LogP contribution in [0.15, 0.2) is 36.7 Å². The van der Waals surface area contributed by atoms with Gasteiger partial charge in [-0.3, -0.25) is 13.7 Å². The van der Waals surface area contributed by atoms with Crippen LogP contribution in [0.3, 0.4) is 0 Å². The Balaban J connectivity index is 0.000000623. The maximum atomic E-state index is 10.8. The van der Waals surface area contributed by atoms with E-state index in [-0.39, 0.29) is 5.82 Å². The van der Waals surface area contributed by atoms with Crippen molar-refractivity contribution in [3.05, 3.63) is 36.7 Å². The number of aliphatic hydroxyl groups excluding tert-OH is 2. The van der Waals surface area contributed by atoms with E-state index >= 15 is 0 Å². The minimum absolute atomic E-state index is 0.242. The van der Waals surface area contributed by atoms with Gasteiger partial charge in [0.1, 0.15) is 30.5 Å². The number of hydrogen-bond acceptors (Lipinski definition) is 11. The molecule has 2 aromatic heterocycles. The number of nitrogens with zero attached hydrogens (tertiary/aromatic N) is 4. The van der Waals surface area contributed by atoms with Crippen LogP contribution in [-0.4, -0.2) is 92.2 Å². The summed E-state index contributed by atoms with van der Waals surface area (Å²) in [5.74, 6) is 0.781. The lowest BCUT2D eigenvalue weighted by molar-refractivity contribution is -0.0331. The number of anilines is 1. The molecule has 1 fully saturated rings. The SMILES string of the molecule is CNCCCNC[C@H]1O[C@@H](n2c(-c3ccccc3)nc3c(N)ncnc32)C(O)C1O.O=S(=O)(O)O. The molecule has 0 radical (unpaired) electrons. The van der Waals surface area contributed by atoms with Crippen molar-refractivity contribution in [2.24, 2.45) is 0 Å². The summed E-state index contributed by atoms with van der Waals surface area (Å²) >= 11 is 0. The fraction of sp³-hybridized carbons (Fsp3) is 0.450. The van der Waals surface area contributed by atoms with Gasteiger partial charge < -0.3 is 31.3 Å². The van der Waals surface area contributed by atoms with Crippen molar-refractivity contribution in [2.45, 2.75) is 31.0 Å². The van der Waals surface area contributed by atoms with Crippen LogP contribution in [0.25, 0.3) is 22.6 Å². The highest BCUT2D eigenvalue weighted by molar-refractivity contribution is 7.79. The molecule has 0 saturated carbocycles. The highest BCUT2D eigenvalue weighted by atomic mass is 32.3. The van der Waals surface area contributed by atoms with Gasteiger partial charge in [-0.25, -0.2) is 15.0 Å². The van der Waals surface area contributed by atoms with Crippen LogP contribution >= 0.6 is 0 Å².